The third kappa shape index (κ3) is 4.08. The monoisotopic (exact) mass is 302 g/mol. The number of hydrogen-bond acceptors (Lipinski definition) is 2. The van der Waals surface area contributed by atoms with E-state index in [2.05, 4.69) is 43.6 Å². The van der Waals surface area contributed by atoms with Crippen LogP contribution in [0.4, 0.5) is 0 Å². The SMILES string of the molecule is Cc1cccnc1CCN(C(=O)C1CCCCC1C)C(C)C. The molecule has 3 heteroatoms. The van der Waals surface area contributed by atoms with Crippen molar-refractivity contribution in [3.63, 3.8) is 0 Å². The summed E-state index contributed by atoms with van der Waals surface area (Å²) in [7, 11) is 0. The maximum absolute atomic E-state index is 13.0. The summed E-state index contributed by atoms with van der Waals surface area (Å²) in [6.07, 6.45) is 7.42. The molecule has 1 aliphatic rings. The maximum atomic E-state index is 13.0. The smallest absolute Gasteiger partial charge is 0.226 e. The van der Waals surface area contributed by atoms with E-state index in [1.165, 1.54) is 24.8 Å². The fourth-order valence-corrected chi connectivity index (χ4v) is 3.53. The second-order valence-electron chi connectivity index (χ2n) is 7.01. The standard InChI is InChI=1S/C19H30N2O/c1-14(2)21(13-11-18-16(4)9-7-12-20-18)19(22)17-10-6-5-8-15(17)3/h7,9,12,14-15,17H,5-6,8,10-11,13H2,1-4H3. The Kier molecular flexibility index (Phi) is 5.98. The van der Waals surface area contributed by atoms with Crippen molar-refractivity contribution in [3.05, 3.63) is 29.6 Å². The van der Waals surface area contributed by atoms with Crippen LogP contribution in [0.25, 0.3) is 0 Å². The minimum atomic E-state index is 0.223. The summed E-state index contributed by atoms with van der Waals surface area (Å²) in [5, 5.41) is 0. The van der Waals surface area contributed by atoms with Gasteiger partial charge in [-0.05, 0) is 51.2 Å². The summed E-state index contributed by atoms with van der Waals surface area (Å²) in [5.41, 5.74) is 2.32. The normalized spacial score (nSPS) is 21.9. The molecule has 2 unspecified atom stereocenters. The van der Waals surface area contributed by atoms with Crippen LogP contribution in [0.2, 0.25) is 0 Å². The van der Waals surface area contributed by atoms with Crippen LogP contribution in [-0.2, 0) is 11.2 Å². The number of carbonyl (C=O) groups is 1. The highest BCUT2D eigenvalue weighted by Crippen LogP contribution is 2.31. The molecule has 0 spiro atoms. The van der Waals surface area contributed by atoms with Crippen molar-refractivity contribution in [2.75, 3.05) is 6.54 Å². The van der Waals surface area contributed by atoms with Crippen molar-refractivity contribution in [2.24, 2.45) is 11.8 Å². The van der Waals surface area contributed by atoms with Crippen LogP contribution in [0.3, 0.4) is 0 Å². The Morgan fingerprint density at radius 3 is 2.73 bits per heavy atom. The van der Waals surface area contributed by atoms with Crippen molar-refractivity contribution in [1.29, 1.82) is 0 Å². The molecule has 1 aromatic rings. The molecule has 122 valence electrons. The van der Waals surface area contributed by atoms with Gasteiger partial charge in [-0.1, -0.05) is 25.8 Å². The van der Waals surface area contributed by atoms with Gasteiger partial charge in [0, 0.05) is 36.8 Å². The van der Waals surface area contributed by atoms with E-state index in [0.29, 0.717) is 11.8 Å². The van der Waals surface area contributed by atoms with Crippen molar-refractivity contribution in [1.82, 2.24) is 9.88 Å². The summed E-state index contributed by atoms with van der Waals surface area (Å²) >= 11 is 0. The zero-order chi connectivity index (χ0) is 16.1. The number of amides is 1. The number of pyridine rings is 1. The first kappa shape index (κ1) is 17.0. The van der Waals surface area contributed by atoms with Gasteiger partial charge in [-0.3, -0.25) is 9.78 Å². The second-order valence-corrected chi connectivity index (χ2v) is 7.01. The molecular weight excluding hydrogens is 272 g/mol. The molecule has 1 saturated carbocycles. The van der Waals surface area contributed by atoms with Crippen molar-refractivity contribution in [2.45, 2.75) is 65.8 Å². The van der Waals surface area contributed by atoms with Crippen LogP contribution in [-0.4, -0.2) is 28.4 Å². The van der Waals surface area contributed by atoms with Crippen LogP contribution < -0.4 is 0 Å². The summed E-state index contributed by atoms with van der Waals surface area (Å²) in [6.45, 7) is 9.35. The zero-order valence-electron chi connectivity index (χ0n) is 14.5. The average Bonchev–Trinajstić information content (AvgIpc) is 2.49. The van der Waals surface area contributed by atoms with Crippen LogP contribution in [0.15, 0.2) is 18.3 Å². The van der Waals surface area contributed by atoms with Crippen LogP contribution >= 0.6 is 0 Å². The molecule has 1 aromatic heterocycles. The fourth-order valence-electron chi connectivity index (χ4n) is 3.53. The number of nitrogens with zero attached hydrogens (tertiary/aromatic N) is 2. The number of rotatable bonds is 5. The lowest BCUT2D eigenvalue weighted by molar-refractivity contribution is -0.140. The summed E-state index contributed by atoms with van der Waals surface area (Å²) in [4.78, 5) is 19.5. The molecular formula is C19H30N2O. The Morgan fingerprint density at radius 1 is 1.36 bits per heavy atom. The van der Waals surface area contributed by atoms with Crippen molar-refractivity contribution < 1.29 is 4.79 Å². The minimum Gasteiger partial charge on any atom is -0.340 e. The molecule has 1 aliphatic carbocycles. The van der Waals surface area contributed by atoms with Crippen LogP contribution in [0.1, 0.15) is 57.7 Å². The van der Waals surface area contributed by atoms with Gasteiger partial charge < -0.3 is 4.90 Å². The predicted octanol–water partition coefficient (Wildman–Crippen LogP) is 4.00. The van der Waals surface area contributed by atoms with Crippen LogP contribution in [0, 0.1) is 18.8 Å². The Labute approximate surface area is 135 Å². The average molecular weight is 302 g/mol. The number of aromatic nitrogens is 1. The van der Waals surface area contributed by atoms with Gasteiger partial charge in [-0.15, -0.1) is 0 Å². The highest BCUT2D eigenvalue weighted by atomic mass is 16.2. The quantitative estimate of drug-likeness (QED) is 0.824. The minimum absolute atomic E-state index is 0.223. The number of hydrogen-bond donors (Lipinski definition) is 0. The first-order valence-corrected chi connectivity index (χ1v) is 8.71. The molecule has 0 N–H and O–H groups in total. The van der Waals surface area contributed by atoms with Gasteiger partial charge >= 0.3 is 0 Å². The fraction of sp³-hybridized carbons (Fsp3) is 0.684. The number of carbonyl (C=O) groups excluding carboxylic acids is 1. The third-order valence-electron chi connectivity index (χ3n) is 5.04. The van der Waals surface area contributed by atoms with Crippen LogP contribution in [0.5, 0.6) is 0 Å². The second kappa shape index (κ2) is 7.75. The Bertz CT molecular complexity index is 498. The van der Waals surface area contributed by atoms with Crippen molar-refractivity contribution >= 4 is 5.91 Å². The molecule has 1 amide bonds. The third-order valence-corrected chi connectivity index (χ3v) is 5.04. The highest BCUT2D eigenvalue weighted by molar-refractivity contribution is 5.79. The van der Waals surface area contributed by atoms with E-state index in [1.54, 1.807) is 0 Å². The van der Waals surface area contributed by atoms with E-state index in [9.17, 15) is 4.79 Å². The molecule has 0 aromatic carbocycles. The van der Waals surface area contributed by atoms with Gasteiger partial charge in [-0.25, -0.2) is 0 Å². The molecule has 1 heterocycles. The first-order chi connectivity index (χ1) is 10.5. The maximum Gasteiger partial charge on any atom is 0.226 e. The van der Waals surface area contributed by atoms with E-state index < -0.39 is 0 Å². The van der Waals surface area contributed by atoms with E-state index in [1.807, 2.05) is 12.3 Å². The van der Waals surface area contributed by atoms with Gasteiger partial charge in [-0.2, -0.15) is 0 Å². The Hall–Kier alpha value is -1.38. The Morgan fingerprint density at radius 2 is 2.09 bits per heavy atom. The lowest BCUT2D eigenvalue weighted by Crippen LogP contribution is -2.44. The molecule has 0 radical (unpaired) electrons. The number of aryl methyl sites for hydroxylation is 1. The van der Waals surface area contributed by atoms with E-state index >= 15 is 0 Å². The molecule has 22 heavy (non-hydrogen) atoms. The van der Waals surface area contributed by atoms with Gasteiger partial charge in [0.25, 0.3) is 0 Å². The van der Waals surface area contributed by atoms with Gasteiger partial charge in [0.1, 0.15) is 0 Å². The lowest BCUT2D eigenvalue weighted by atomic mass is 9.79. The van der Waals surface area contributed by atoms with E-state index in [-0.39, 0.29) is 12.0 Å². The Balaban J connectivity index is 2.03. The first-order valence-electron chi connectivity index (χ1n) is 8.71. The molecule has 2 atom stereocenters. The zero-order valence-corrected chi connectivity index (χ0v) is 14.5. The topological polar surface area (TPSA) is 33.2 Å². The molecule has 0 saturated heterocycles. The molecule has 2 rings (SSSR count). The highest BCUT2D eigenvalue weighted by Gasteiger charge is 2.32. The lowest BCUT2D eigenvalue weighted by Gasteiger charge is -2.35. The summed E-state index contributed by atoms with van der Waals surface area (Å²) in [5.74, 6) is 1.11. The van der Waals surface area contributed by atoms with Gasteiger partial charge in [0.2, 0.25) is 5.91 Å². The molecule has 3 nitrogen and oxygen atoms in total. The summed E-state index contributed by atoms with van der Waals surface area (Å²) in [6, 6.07) is 4.31. The van der Waals surface area contributed by atoms with E-state index in [0.717, 1.165) is 25.1 Å². The van der Waals surface area contributed by atoms with E-state index in [4.69, 9.17) is 0 Å². The molecule has 0 bridgehead atoms. The summed E-state index contributed by atoms with van der Waals surface area (Å²) < 4.78 is 0. The molecule has 1 fully saturated rings. The van der Waals surface area contributed by atoms with Crippen molar-refractivity contribution in [3.8, 4) is 0 Å². The largest absolute Gasteiger partial charge is 0.340 e. The predicted molar refractivity (Wildman–Crippen MR) is 90.6 cm³/mol. The van der Waals surface area contributed by atoms with Gasteiger partial charge in [0.05, 0.1) is 0 Å². The molecule has 0 aliphatic heterocycles. The van der Waals surface area contributed by atoms with Gasteiger partial charge in [0.15, 0.2) is 0 Å².